The maximum atomic E-state index is 12.8. The fourth-order valence-corrected chi connectivity index (χ4v) is 3.52. The molecule has 1 amide bonds. The van der Waals surface area contributed by atoms with Gasteiger partial charge < -0.3 is 15.7 Å². The van der Waals surface area contributed by atoms with Crippen molar-refractivity contribution < 1.29 is 9.90 Å². The van der Waals surface area contributed by atoms with E-state index in [-0.39, 0.29) is 18.7 Å². The third kappa shape index (κ3) is 4.28. The van der Waals surface area contributed by atoms with Crippen molar-refractivity contribution in [2.45, 2.75) is 13.2 Å². The quantitative estimate of drug-likeness (QED) is 0.334. The van der Waals surface area contributed by atoms with Crippen molar-refractivity contribution in [1.29, 1.82) is 5.26 Å². The van der Waals surface area contributed by atoms with Gasteiger partial charge in [-0.1, -0.05) is 49.0 Å². The van der Waals surface area contributed by atoms with Crippen LogP contribution in [0.5, 0.6) is 0 Å². The Morgan fingerprint density at radius 2 is 1.88 bits per heavy atom. The summed E-state index contributed by atoms with van der Waals surface area (Å²) in [5.74, 6) is -0.185. The molecule has 4 aromatic rings. The molecule has 0 radical (unpaired) electrons. The molecular formula is C24H21N7O2. The molecule has 0 fully saturated rings. The average molecular weight is 439 g/mol. The Bertz CT molecular complexity index is 1360. The van der Waals surface area contributed by atoms with Gasteiger partial charge in [0.2, 0.25) is 0 Å². The van der Waals surface area contributed by atoms with Crippen LogP contribution in [0.2, 0.25) is 0 Å². The number of nitrogen functional groups attached to an aromatic ring is 1. The first-order valence-electron chi connectivity index (χ1n) is 10.2. The zero-order valence-corrected chi connectivity index (χ0v) is 17.7. The molecule has 2 aromatic carbocycles. The van der Waals surface area contributed by atoms with Crippen LogP contribution in [0.3, 0.4) is 0 Å². The summed E-state index contributed by atoms with van der Waals surface area (Å²) < 4.78 is 1.67. The molecule has 2 aromatic heterocycles. The number of rotatable bonds is 7. The van der Waals surface area contributed by atoms with Gasteiger partial charge >= 0.3 is 0 Å². The monoisotopic (exact) mass is 439 g/mol. The van der Waals surface area contributed by atoms with E-state index in [9.17, 15) is 9.90 Å². The minimum Gasteiger partial charge on any atom is -0.392 e. The summed E-state index contributed by atoms with van der Waals surface area (Å²) in [6, 6.07) is 18.2. The lowest BCUT2D eigenvalue weighted by atomic mass is 10.1. The lowest BCUT2D eigenvalue weighted by Gasteiger charge is -2.22. The van der Waals surface area contributed by atoms with E-state index in [0.717, 1.165) is 11.1 Å². The molecule has 0 saturated heterocycles. The second-order valence-electron chi connectivity index (χ2n) is 7.27. The number of aromatic nitrogens is 4. The summed E-state index contributed by atoms with van der Waals surface area (Å²) >= 11 is 0. The lowest BCUT2D eigenvalue weighted by Crippen LogP contribution is -2.34. The van der Waals surface area contributed by atoms with Crippen molar-refractivity contribution in [3.63, 3.8) is 0 Å². The predicted molar refractivity (Wildman–Crippen MR) is 125 cm³/mol. The molecule has 9 nitrogen and oxygen atoms in total. The molecule has 0 bridgehead atoms. The van der Waals surface area contributed by atoms with Crippen LogP contribution in [0.4, 0.5) is 11.5 Å². The number of nitrogens with zero attached hydrogens (tertiary/aromatic N) is 6. The summed E-state index contributed by atoms with van der Waals surface area (Å²) in [4.78, 5) is 22.8. The molecule has 0 aliphatic heterocycles. The summed E-state index contributed by atoms with van der Waals surface area (Å²) in [6.07, 6.45) is 1.37. The van der Waals surface area contributed by atoms with Gasteiger partial charge in [-0.15, -0.1) is 0 Å². The van der Waals surface area contributed by atoms with Crippen LogP contribution in [0.25, 0.3) is 22.3 Å². The van der Waals surface area contributed by atoms with E-state index in [2.05, 4.69) is 16.5 Å². The molecule has 0 unspecified atom stereocenters. The number of carbonyl (C=O) groups is 1. The second-order valence-corrected chi connectivity index (χ2v) is 7.27. The van der Waals surface area contributed by atoms with Crippen molar-refractivity contribution in [3.8, 4) is 17.3 Å². The third-order valence-corrected chi connectivity index (χ3v) is 5.21. The van der Waals surface area contributed by atoms with Gasteiger partial charge in [-0.2, -0.15) is 10.4 Å². The molecule has 0 aliphatic carbocycles. The van der Waals surface area contributed by atoms with Gasteiger partial charge in [-0.05, 0) is 17.7 Å². The summed E-state index contributed by atoms with van der Waals surface area (Å²) in [5, 5.41) is 23.8. The van der Waals surface area contributed by atoms with Crippen molar-refractivity contribution >= 4 is 28.4 Å². The highest BCUT2D eigenvalue weighted by Crippen LogP contribution is 2.30. The fourth-order valence-electron chi connectivity index (χ4n) is 3.52. The number of aliphatic hydroxyl groups excluding tert-OH is 1. The number of carbonyl (C=O) groups excluding carboxylic acids is 1. The number of para-hydroxylation sites is 1. The number of nitrogens with two attached hydrogens (primary N) is 1. The van der Waals surface area contributed by atoms with E-state index in [0.29, 0.717) is 34.8 Å². The van der Waals surface area contributed by atoms with E-state index < -0.39 is 5.91 Å². The van der Waals surface area contributed by atoms with Gasteiger partial charge in [0.15, 0.2) is 5.65 Å². The Morgan fingerprint density at radius 1 is 1.15 bits per heavy atom. The fraction of sp³-hybridized carbons (Fsp3) is 0.125. The number of hydrogen-bond acceptors (Lipinski definition) is 7. The summed E-state index contributed by atoms with van der Waals surface area (Å²) in [7, 11) is 0. The van der Waals surface area contributed by atoms with Gasteiger partial charge in [0.05, 0.1) is 18.5 Å². The SMILES string of the molecule is C=C(C#N)C(=O)N(CCn1nc(-c2ccc(CO)cc2)c2c(N)ncnc21)c1ccccc1. The molecule has 4 rings (SSSR count). The minimum atomic E-state index is -0.478. The molecule has 3 N–H and O–H groups in total. The van der Waals surface area contributed by atoms with Crippen LogP contribution >= 0.6 is 0 Å². The van der Waals surface area contributed by atoms with Gasteiger partial charge in [0.25, 0.3) is 5.91 Å². The highest BCUT2D eigenvalue weighted by Gasteiger charge is 2.21. The first-order valence-corrected chi connectivity index (χ1v) is 10.2. The molecule has 9 heteroatoms. The molecule has 0 atom stereocenters. The Morgan fingerprint density at radius 3 is 2.55 bits per heavy atom. The Balaban J connectivity index is 1.72. The van der Waals surface area contributed by atoms with Crippen LogP contribution in [-0.2, 0) is 17.9 Å². The first kappa shape index (κ1) is 21.7. The lowest BCUT2D eigenvalue weighted by molar-refractivity contribution is -0.114. The average Bonchev–Trinajstić information content (AvgIpc) is 3.24. The predicted octanol–water partition coefficient (Wildman–Crippen LogP) is 2.68. The number of amides is 1. The molecule has 0 aliphatic rings. The zero-order chi connectivity index (χ0) is 23.4. The largest absolute Gasteiger partial charge is 0.392 e. The van der Waals surface area contributed by atoms with Crippen molar-refractivity contribution in [2.75, 3.05) is 17.2 Å². The van der Waals surface area contributed by atoms with Crippen LogP contribution < -0.4 is 10.6 Å². The van der Waals surface area contributed by atoms with Crippen molar-refractivity contribution in [1.82, 2.24) is 19.7 Å². The molecular weight excluding hydrogens is 418 g/mol. The standard InChI is InChI=1S/C24H21N7O2/c1-16(13-25)24(33)30(19-5-3-2-4-6-19)11-12-31-23-20(22(26)27-15-28-23)21(29-31)18-9-7-17(14-32)8-10-18/h2-10,15,32H,1,11-12,14H2,(H2,26,27,28). The van der Waals surface area contributed by atoms with E-state index in [4.69, 9.17) is 16.1 Å². The van der Waals surface area contributed by atoms with E-state index in [1.165, 1.54) is 11.2 Å². The number of benzene rings is 2. The minimum absolute atomic E-state index is 0.0575. The second kappa shape index (κ2) is 9.30. The molecule has 0 saturated carbocycles. The van der Waals surface area contributed by atoms with Gasteiger partial charge in [-0.3, -0.25) is 4.79 Å². The van der Waals surface area contributed by atoms with Gasteiger partial charge in [0.1, 0.15) is 29.5 Å². The number of hydrogen-bond donors (Lipinski definition) is 2. The van der Waals surface area contributed by atoms with Crippen molar-refractivity contribution in [3.05, 3.63) is 78.6 Å². The van der Waals surface area contributed by atoms with Gasteiger partial charge in [0, 0.05) is 17.8 Å². The number of anilines is 2. The van der Waals surface area contributed by atoms with Gasteiger partial charge in [-0.25, -0.2) is 14.6 Å². The van der Waals surface area contributed by atoms with Crippen LogP contribution in [0.1, 0.15) is 5.56 Å². The zero-order valence-electron chi connectivity index (χ0n) is 17.7. The third-order valence-electron chi connectivity index (χ3n) is 5.21. The highest BCUT2D eigenvalue weighted by molar-refractivity contribution is 6.07. The number of aliphatic hydroxyl groups is 1. The maximum absolute atomic E-state index is 12.8. The topological polar surface area (TPSA) is 134 Å². The van der Waals surface area contributed by atoms with Crippen LogP contribution in [-0.4, -0.2) is 37.3 Å². The summed E-state index contributed by atoms with van der Waals surface area (Å²) in [5.41, 5.74) is 9.36. The van der Waals surface area contributed by atoms with Crippen LogP contribution in [0.15, 0.2) is 73.1 Å². The van der Waals surface area contributed by atoms with Crippen molar-refractivity contribution in [2.24, 2.45) is 0 Å². The Labute approximate surface area is 190 Å². The van der Waals surface area contributed by atoms with Crippen LogP contribution in [0, 0.1) is 11.3 Å². The maximum Gasteiger partial charge on any atom is 0.268 e. The number of fused-ring (bicyclic) bond motifs is 1. The first-order chi connectivity index (χ1) is 16.0. The van der Waals surface area contributed by atoms with E-state index >= 15 is 0 Å². The molecule has 0 spiro atoms. The Hall–Kier alpha value is -4.55. The van der Waals surface area contributed by atoms with E-state index in [1.807, 2.05) is 48.5 Å². The number of nitriles is 1. The summed E-state index contributed by atoms with van der Waals surface area (Å²) in [6.45, 7) is 4.03. The highest BCUT2D eigenvalue weighted by atomic mass is 16.3. The molecule has 2 heterocycles. The molecule has 164 valence electrons. The normalized spacial score (nSPS) is 10.7. The smallest absolute Gasteiger partial charge is 0.268 e. The molecule has 33 heavy (non-hydrogen) atoms. The van der Waals surface area contributed by atoms with E-state index in [1.54, 1.807) is 16.8 Å². The Kier molecular flexibility index (Phi) is 6.11.